The van der Waals surface area contributed by atoms with Crippen molar-refractivity contribution >= 4 is 12.1 Å². The average molecular weight is 462 g/mol. The van der Waals surface area contributed by atoms with Crippen LogP contribution in [0.3, 0.4) is 0 Å². The zero-order valence-corrected chi connectivity index (χ0v) is 21.1. The van der Waals surface area contributed by atoms with Crippen molar-refractivity contribution in [1.82, 2.24) is 4.90 Å². The van der Waals surface area contributed by atoms with Gasteiger partial charge in [-0.25, -0.2) is 4.79 Å². The molecular formula is C24H47NO7. The molecule has 1 amide bonds. The monoisotopic (exact) mass is 461 g/mol. The Labute approximate surface area is 195 Å². The minimum Gasteiger partial charge on any atom is -0.463 e. The normalized spacial score (nSPS) is 11.4. The Balaban J connectivity index is 3.34. The van der Waals surface area contributed by atoms with Gasteiger partial charge in [-0.05, 0) is 27.2 Å². The van der Waals surface area contributed by atoms with Gasteiger partial charge in [-0.3, -0.25) is 4.79 Å². The lowest BCUT2D eigenvalue weighted by Crippen LogP contribution is -2.36. The Hall–Kier alpha value is -1.38. The number of rotatable bonds is 20. The van der Waals surface area contributed by atoms with Gasteiger partial charge in [-0.15, -0.1) is 0 Å². The van der Waals surface area contributed by atoms with Crippen molar-refractivity contribution in [2.75, 3.05) is 59.8 Å². The van der Waals surface area contributed by atoms with Crippen LogP contribution >= 0.6 is 0 Å². The molecule has 8 heteroatoms. The number of ether oxygens (including phenoxy) is 5. The molecule has 0 saturated carbocycles. The highest BCUT2D eigenvalue weighted by Gasteiger charge is 2.19. The number of unbranched alkanes of at least 4 members (excludes halogenated alkanes) is 6. The maximum Gasteiger partial charge on any atom is 0.410 e. The number of carbonyl (C=O) groups excluding carboxylic acids is 2. The van der Waals surface area contributed by atoms with Crippen LogP contribution < -0.4 is 0 Å². The van der Waals surface area contributed by atoms with Crippen LogP contribution in [0.15, 0.2) is 0 Å². The summed E-state index contributed by atoms with van der Waals surface area (Å²) in [5.41, 5.74) is -0.503. The molecule has 0 aliphatic heterocycles. The molecule has 190 valence electrons. The molecule has 0 aliphatic rings. The average Bonchev–Trinajstić information content (AvgIpc) is 2.72. The van der Waals surface area contributed by atoms with Gasteiger partial charge >= 0.3 is 12.1 Å². The summed E-state index contributed by atoms with van der Waals surface area (Å²) in [6.45, 7) is 11.0. The highest BCUT2D eigenvalue weighted by Crippen LogP contribution is 2.09. The fourth-order valence-electron chi connectivity index (χ4n) is 2.69. The molecule has 0 atom stereocenters. The molecule has 0 aromatic heterocycles. The molecule has 0 unspecified atom stereocenters. The van der Waals surface area contributed by atoms with E-state index >= 15 is 0 Å². The Kier molecular flexibility index (Phi) is 19.4. The molecule has 0 rings (SSSR count). The molecule has 0 radical (unpaired) electrons. The van der Waals surface area contributed by atoms with E-state index in [9.17, 15) is 9.59 Å². The molecule has 8 nitrogen and oxygen atoms in total. The number of nitrogens with zero attached hydrogens (tertiary/aromatic N) is 1. The molecule has 0 aromatic rings. The van der Waals surface area contributed by atoms with Crippen molar-refractivity contribution < 1.29 is 33.3 Å². The first-order valence-corrected chi connectivity index (χ1v) is 12.1. The van der Waals surface area contributed by atoms with Crippen molar-refractivity contribution in [3.05, 3.63) is 0 Å². The Morgan fingerprint density at radius 2 is 1.22 bits per heavy atom. The van der Waals surface area contributed by atoms with Crippen LogP contribution in [0.5, 0.6) is 0 Å². The van der Waals surface area contributed by atoms with Crippen molar-refractivity contribution in [3.8, 4) is 0 Å². The Bertz CT molecular complexity index is 466. The van der Waals surface area contributed by atoms with Gasteiger partial charge in [-0.2, -0.15) is 0 Å². The highest BCUT2D eigenvalue weighted by molar-refractivity contribution is 5.69. The van der Waals surface area contributed by atoms with E-state index in [0.717, 1.165) is 12.8 Å². The molecule has 0 N–H and O–H groups in total. The summed E-state index contributed by atoms with van der Waals surface area (Å²) in [7, 11) is 1.68. The smallest absolute Gasteiger partial charge is 0.410 e. The van der Waals surface area contributed by atoms with Crippen LogP contribution in [0.25, 0.3) is 0 Å². The predicted octanol–water partition coefficient (Wildman–Crippen LogP) is 4.59. The molecule has 0 aromatic carbocycles. The molecule has 0 saturated heterocycles. The van der Waals surface area contributed by atoms with Crippen LogP contribution in [-0.2, 0) is 28.5 Å². The number of hydrogen-bond donors (Lipinski definition) is 0. The fraction of sp³-hybridized carbons (Fsp3) is 0.917. The number of amides is 1. The van der Waals surface area contributed by atoms with E-state index in [4.69, 9.17) is 23.7 Å². The quantitative estimate of drug-likeness (QED) is 0.194. The molecule has 0 fully saturated rings. The summed E-state index contributed by atoms with van der Waals surface area (Å²) in [5.74, 6) is -0.145. The predicted molar refractivity (Wildman–Crippen MR) is 125 cm³/mol. The third-order valence-electron chi connectivity index (χ3n) is 4.50. The minimum absolute atomic E-state index is 0.145. The van der Waals surface area contributed by atoms with Crippen LogP contribution in [0.4, 0.5) is 4.79 Å². The van der Waals surface area contributed by atoms with E-state index in [0.29, 0.717) is 52.6 Å². The van der Waals surface area contributed by atoms with Gasteiger partial charge in [0, 0.05) is 20.0 Å². The third-order valence-corrected chi connectivity index (χ3v) is 4.50. The van der Waals surface area contributed by atoms with Crippen LogP contribution in [-0.4, -0.2) is 82.4 Å². The van der Waals surface area contributed by atoms with E-state index in [1.54, 1.807) is 7.05 Å². The summed E-state index contributed by atoms with van der Waals surface area (Å²) in [4.78, 5) is 24.9. The lowest BCUT2D eigenvalue weighted by atomic mass is 10.1. The zero-order chi connectivity index (χ0) is 24.1. The summed E-state index contributed by atoms with van der Waals surface area (Å²) in [6.07, 6.45) is 8.43. The standard InChI is InChI=1S/C24H47NO7/c1-6-7-8-9-10-11-12-13-22(26)31-21-20-30-19-18-29-17-16-28-15-14-25(5)23(27)32-24(2,3)4/h6-21H2,1-5H3. The first-order valence-electron chi connectivity index (χ1n) is 12.1. The van der Waals surface area contributed by atoms with Crippen LogP contribution in [0.2, 0.25) is 0 Å². The van der Waals surface area contributed by atoms with Crippen molar-refractivity contribution in [3.63, 3.8) is 0 Å². The number of carbonyl (C=O) groups is 2. The van der Waals surface area contributed by atoms with Gasteiger partial charge in [0.05, 0.1) is 39.6 Å². The SMILES string of the molecule is CCCCCCCCCC(=O)OCCOCCOCCOCCN(C)C(=O)OC(C)(C)C. The second-order valence-corrected chi connectivity index (χ2v) is 8.83. The van der Waals surface area contributed by atoms with Gasteiger partial charge in [0.15, 0.2) is 0 Å². The molecular weight excluding hydrogens is 414 g/mol. The van der Waals surface area contributed by atoms with Gasteiger partial charge in [0.1, 0.15) is 12.2 Å². The van der Waals surface area contributed by atoms with Gasteiger partial charge in [0.2, 0.25) is 0 Å². The van der Waals surface area contributed by atoms with Crippen molar-refractivity contribution in [1.29, 1.82) is 0 Å². The summed E-state index contributed by atoms with van der Waals surface area (Å²) >= 11 is 0. The highest BCUT2D eigenvalue weighted by atomic mass is 16.6. The Morgan fingerprint density at radius 3 is 1.78 bits per heavy atom. The van der Waals surface area contributed by atoms with Crippen LogP contribution in [0.1, 0.15) is 79.1 Å². The number of esters is 1. The third kappa shape index (κ3) is 21.8. The molecule has 32 heavy (non-hydrogen) atoms. The first-order chi connectivity index (χ1) is 15.3. The second-order valence-electron chi connectivity index (χ2n) is 8.83. The summed E-state index contributed by atoms with van der Waals surface area (Å²) in [6, 6.07) is 0. The van der Waals surface area contributed by atoms with Gasteiger partial charge < -0.3 is 28.6 Å². The van der Waals surface area contributed by atoms with Crippen LogP contribution in [0, 0.1) is 0 Å². The largest absolute Gasteiger partial charge is 0.463 e. The Morgan fingerprint density at radius 1 is 0.719 bits per heavy atom. The zero-order valence-electron chi connectivity index (χ0n) is 21.1. The van der Waals surface area contributed by atoms with E-state index < -0.39 is 5.60 Å². The maximum atomic E-state index is 11.8. The van der Waals surface area contributed by atoms with E-state index in [-0.39, 0.29) is 18.7 Å². The van der Waals surface area contributed by atoms with Gasteiger partial charge in [0.25, 0.3) is 0 Å². The van der Waals surface area contributed by atoms with E-state index in [2.05, 4.69) is 6.92 Å². The number of hydrogen-bond acceptors (Lipinski definition) is 7. The topological polar surface area (TPSA) is 83.5 Å². The lowest BCUT2D eigenvalue weighted by Gasteiger charge is -2.24. The molecule has 0 aliphatic carbocycles. The van der Waals surface area contributed by atoms with E-state index in [1.165, 1.54) is 37.0 Å². The molecule has 0 heterocycles. The summed E-state index contributed by atoms with van der Waals surface area (Å²) < 4.78 is 26.7. The van der Waals surface area contributed by atoms with Gasteiger partial charge in [-0.1, -0.05) is 45.4 Å². The summed E-state index contributed by atoms with van der Waals surface area (Å²) in [5, 5.41) is 0. The first kappa shape index (κ1) is 30.6. The van der Waals surface area contributed by atoms with E-state index in [1.807, 2.05) is 20.8 Å². The van der Waals surface area contributed by atoms with Crippen molar-refractivity contribution in [2.45, 2.75) is 84.7 Å². The lowest BCUT2D eigenvalue weighted by molar-refractivity contribution is -0.145. The molecule has 0 bridgehead atoms. The molecule has 0 spiro atoms. The maximum absolute atomic E-state index is 11.8. The minimum atomic E-state index is -0.503. The second kappa shape index (κ2) is 20.2. The van der Waals surface area contributed by atoms with Crippen molar-refractivity contribution in [2.24, 2.45) is 0 Å². The fourth-order valence-corrected chi connectivity index (χ4v) is 2.69. The number of likely N-dealkylation sites (N-methyl/N-ethyl adjacent to an activating group) is 1.